The Balaban J connectivity index is 1.99. The summed E-state index contributed by atoms with van der Waals surface area (Å²) in [7, 11) is 0. The van der Waals surface area contributed by atoms with Crippen LogP contribution in [0.1, 0.15) is 66.7 Å². The molecule has 164 valence electrons. The largest absolute Gasteiger partial charge is 0.355 e. The van der Waals surface area contributed by atoms with Crippen LogP contribution in [0.25, 0.3) is 0 Å². The van der Waals surface area contributed by atoms with Gasteiger partial charge in [-0.15, -0.1) is 0 Å². The van der Waals surface area contributed by atoms with Gasteiger partial charge in [0.1, 0.15) is 11.5 Å². The van der Waals surface area contributed by atoms with Crippen molar-refractivity contribution in [2.24, 2.45) is 11.3 Å². The topological polar surface area (TPSA) is 108 Å². The summed E-state index contributed by atoms with van der Waals surface area (Å²) >= 11 is 0. The highest BCUT2D eigenvalue weighted by molar-refractivity contribution is 6.04. The number of hydrogen-bond donors (Lipinski definition) is 3. The summed E-state index contributed by atoms with van der Waals surface area (Å²) in [6.45, 7) is 10.3. The van der Waals surface area contributed by atoms with E-state index in [2.05, 4.69) is 16.0 Å². The van der Waals surface area contributed by atoms with E-state index in [1.807, 2.05) is 27.7 Å². The molecule has 0 aromatic heterocycles. The molecule has 3 N–H and O–H groups in total. The van der Waals surface area contributed by atoms with Crippen molar-refractivity contribution < 1.29 is 19.2 Å². The summed E-state index contributed by atoms with van der Waals surface area (Å²) in [5, 5.41) is 8.69. The van der Waals surface area contributed by atoms with Crippen LogP contribution in [0.5, 0.6) is 0 Å². The lowest BCUT2D eigenvalue weighted by atomic mass is 9.83. The van der Waals surface area contributed by atoms with Crippen LogP contribution < -0.4 is 16.0 Å². The van der Waals surface area contributed by atoms with Gasteiger partial charge in [0.25, 0.3) is 0 Å². The quantitative estimate of drug-likeness (QED) is 0.545. The average molecular weight is 409 g/mol. The molecular weight excluding hydrogens is 372 g/mol. The number of rotatable bonds is 7. The molecule has 8 heteroatoms. The maximum Gasteiger partial charge on any atom is 0.243 e. The van der Waals surface area contributed by atoms with Crippen molar-refractivity contribution in [3.8, 4) is 0 Å². The first kappa shape index (κ1) is 23.2. The average Bonchev–Trinajstić information content (AvgIpc) is 2.96. The molecule has 0 radical (unpaired) electrons. The summed E-state index contributed by atoms with van der Waals surface area (Å²) in [5.74, 6) is -0.649. The molecule has 0 aromatic rings. The Morgan fingerprint density at radius 3 is 2.52 bits per heavy atom. The highest BCUT2D eigenvalue weighted by Crippen LogP contribution is 2.27. The number of nitrogens with one attached hydrogen (secondary N) is 3. The molecule has 0 bridgehead atoms. The minimum atomic E-state index is -1.09. The molecule has 2 aliphatic heterocycles. The standard InChI is InChI=1S/C21H36N4O4/c1-13(2)15(24-18(27)16-8-9-17(26)25(16)14(3)4)12-23-20(29)21(5)10-6-7-11-22-19(21)28/h13-16H,6-12H2,1-5H3,(H,22,28)(H,23,29)(H,24,27)/t15?,16-,21?/m0/s1. The van der Waals surface area contributed by atoms with E-state index in [0.717, 1.165) is 12.8 Å². The molecule has 2 rings (SSSR count). The first-order chi connectivity index (χ1) is 13.6. The molecule has 4 amide bonds. The van der Waals surface area contributed by atoms with Crippen molar-refractivity contribution in [1.82, 2.24) is 20.9 Å². The van der Waals surface area contributed by atoms with Gasteiger partial charge in [-0.3, -0.25) is 19.2 Å². The van der Waals surface area contributed by atoms with Crippen molar-refractivity contribution in [1.29, 1.82) is 0 Å². The van der Waals surface area contributed by atoms with E-state index in [0.29, 0.717) is 25.8 Å². The van der Waals surface area contributed by atoms with E-state index in [4.69, 9.17) is 0 Å². The van der Waals surface area contributed by atoms with Crippen molar-refractivity contribution in [2.75, 3.05) is 13.1 Å². The van der Waals surface area contributed by atoms with E-state index in [1.54, 1.807) is 11.8 Å². The van der Waals surface area contributed by atoms with Gasteiger partial charge in [0.2, 0.25) is 23.6 Å². The summed E-state index contributed by atoms with van der Waals surface area (Å²) in [6, 6.07) is -0.787. The summed E-state index contributed by atoms with van der Waals surface area (Å²) in [5.41, 5.74) is -1.09. The lowest BCUT2D eigenvalue weighted by molar-refractivity contribution is -0.142. The Labute approximate surface area is 173 Å². The van der Waals surface area contributed by atoms with Crippen LogP contribution in [-0.4, -0.2) is 59.7 Å². The fourth-order valence-corrected chi connectivity index (χ4v) is 4.07. The molecule has 0 aliphatic carbocycles. The minimum absolute atomic E-state index is 0.00171. The number of nitrogens with zero attached hydrogens (tertiary/aromatic N) is 1. The van der Waals surface area contributed by atoms with E-state index < -0.39 is 11.5 Å². The predicted molar refractivity (Wildman–Crippen MR) is 110 cm³/mol. The monoisotopic (exact) mass is 408 g/mol. The van der Waals surface area contributed by atoms with Crippen molar-refractivity contribution in [3.63, 3.8) is 0 Å². The van der Waals surface area contributed by atoms with E-state index in [1.165, 1.54) is 0 Å². The molecule has 2 fully saturated rings. The molecule has 0 saturated carbocycles. The third-order valence-corrected chi connectivity index (χ3v) is 6.12. The van der Waals surface area contributed by atoms with Gasteiger partial charge in [0, 0.05) is 31.6 Å². The zero-order valence-corrected chi connectivity index (χ0v) is 18.3. The second-order valence-corrected chi connectivity index (χ2v) is 9.06. The molecule has 8 nitrogen and oxygen atoms in total. The molecule has 2 aliphatic rings. The van der Waals surface area contributed by atoms with Crippen LogP contribution in [-0.2, 0) is 19.2 Å². The van der Waals surface area contributed by atoms with E-state index >= 15 is 0 Å². The van der Waals surface area contributed by atoms with Gasteiger partial charge < -0.3 is 20.9 Å². The van der Waals surface area contributed by atoms with E-state index in [9.17, 15) is 19.2 Å². The first-order valence-electron chi connectivity index (χ1n) is 10.8. The highest BCUT2D eigenvalue weighted by atomic mass is 16.2. The van der Waals surface area contributed by atoms with Gasteiger partial charge in [-0.05, 0) is 46.0 Å². The third kappa shape index (κ3) is 5.28. The molecule has 2 saturated heterocycles. The highest BCUT2D eigenvalue weighted by Gasteiger charge is 2.42. The Morgan fingerprint density at radius 1 is 1.21 bits per heavy atom. The van der Waals surface area contributed by atoms with Crippen LogP contribution in [0.15, 0.2) is 0 Å². The number of carbonyl (C=O) groups is 4. The molecule has 2 unspecified atom stereocenters. The van der Waals surface area contributed by atoms with Gasteiger partial charge in [0.05, 0.1) is 0 Å². The van der Waals surface area contributed by atoms with Gasteiger partial charge in [-0.25, -0.2) is 0 Å². The third-order valence-electron chi connectivity index (χ3n) is 6.12. The van der Waals surface area contributed by atoms with Crippen LogP contribution in [0.3, 0.4) is 0 Å². The predicted octanol–water partition coefficient (Wildman–Crippen LogP) is 0.949. The first-order valence-corrected chi connectivity index (χ1v) is 10.8. The zero-order valence-electron chi connectivity index (χ0n) is 18.3. The molecule has 0 aromatic carbocycles. The van der Waals surface area contributed by atoms with E-state index in [-0.39, 0.29) is 48.2 Å². The van der Waals surface area contributed by atoms with Crippen LogP contribution >= 0.6 is 0 Å². The van der Waals surface area contributed by atoms with Gasteiger partial charge in [0.15, 0.2) is 0 Å². The number of amides is 4. The van der Waals surface area contributed by atoms with Crippen molar-refractivity contribution >= 4 is 23.6 Å². The summed E-state index contributed by atoms with van der Waals surface area (Å²) in [6.07, 6.45) is 3.08. The number of hydrogen-bond acceptors (Lipinski definition) is 4. The van der Waals surface area contributed by atoms with Crippen molar-refractivity contribution in [2.45, 2.75) is 84.8 Å². The van der Waals surface area contributed by atoms with Crippen LogP contribution in [0.2, 0.25) is 0 Å². The van der Waals surface area contributed by atoms with Gasteiger partial charge in [-0.1, -0.05) is 20.3 Å². The zero-order chi connectivity index (χ0) is 21.8. The minimum Gasteiger partial charge on any atom is -0.355 e. The maximum atomic E-state index is 12.8. The van der Waals surface area contributed by atoms with Gasteiger partial charge >= 0.3 is 0 Å². The Hall–Kier alpha value is -2.12. The lowest BCUT2D eigenvalue weighted by Gasteiger charge is -2.31. The normalized spacial score (nSPS) is 26.3. The van der Waals surface area contributed by atoms with Crippen LogP contribution in [0.4, 0.5) is 0 Å². The second-order valence-electron chi connectivity index (χ2n) is 9.06. The summed E-state index contributed by atoms with van der Waals surface area (Å²) < 4.78 is 0. The molecule has 29 heavy (non-hydrogen) atoms. The lowest BCUT2D eigenvalue weighted by Crippen LogP contribution is -2.55. The van der Waals surface area contributed by atoms with Crippen molar-refractivity contribution in [3.05, 3.63) is 0 Å². The molecule has 0 spiro atoms. The molecule has 3 atom stereocenters. The molecule has 2 heterocycles. The van der Waals surface area contributed by atoms with Crippen LogP contribution in [0, 0.1) is 11.3 Å². The Bertz CT molecular complexity index is 649. The second kappa shape index (κ2) is 9.59. The number of carbonyl (C=O) groups excluding carboxylic acids is 4. The fraction of sp³-hybridized carbons (Fsp3) is 0.810. The number of likely N-dealkylation sites (tertiary alicyclic amines) is 1. The fourth-order valence-electron chi connectivity index (χ4n) is 4.07. The SMILES string of the molecule is CC(C)C(CNC(=O)C1(C)CCCCNC1=O)NC(=O)[C@@H]1CCC(=O)N1C(C)C. The maximum absolute atomic E-state index is 12.8. The smallest absolute Gasteiger partial charge is 0.243 e. The Kier molecular flexibility index (Phi) is 7.66. The Morgan fingerprint density at radius 2 is 1.90 bits per heavy atom. The van der Waals surface area contributed by atoms with Gasteiger partial charge in [-0.2, -0.15) is 0 Å². The molecular formula is C21H36N4O4. The summed E-state index contributed by atoms with van der Waals surface area (Å²) in [4.78, 5) is 51.7.